The van der Waals surface area contributed by atoms with E-state index >= 15 is 0 Å². The van der Waals surface area contributed by atoms with Crippen molar-refractivity contribution in [2.75, 3.05) is 13.2 Å². The van der Waals surface area contributed by atoms with Gasteiger partial charge in [0.1, 0.15) is 24.4 Å². The first-order chi connectivity index (χ1) is 9.95. The highest BCUT2D eigenvalue weighted by atomic mass is 16.4. The van der Waals surface area contributed by atoms with E-state index in [2.05, 4.69) is 6.92 Å². The van der Waals surface area contributed by atoms with E-state index in [0.29, 0.717) is 0 Å². The number of carbonyl (C=O) groups excluding carboxylic acids is 1. The average Bonchev–Trinajstić information content (AvgIpc) is 2.52. The number of rotatable bonds is 11. The molecule has 21 heavy (non-hydrogen) atoms. The topological polar surface area (TPSA) is 144 Å². The van der Waals surface area contributed by atoms with Gasteiger partial charge in [0.15, 0.2) is 6.29 Å². The van der Waals surface area contributed by atoms with Crippen molar-refractivity contribution in [1.29, 1.82) is 0 Å². The van der Waals surface area contributed by atoms with Crippen LogP contribution in [0.1, 0.15) is 45.4 Å². The van der Waals surface area contributed by atoms with Crippen molar-refractivity contribution < 1.29 is 30.3 Å². The molecule has 0 bridgehead atoms. The zero-order chi connectivity index (χ0) is 16.7. The number of aliphatic hydroxyl groups excluding tert-OH is 5. The highest BCUT2D eigenvalue weighted by Crippen LogP contribution is 2.03. The maximum Gasteiger partial charge on any atom is 0.151 e. The molecule has 0 aromatic heterocycles. The van der Waals surface area contributed by atoms with E-state index in [9.17, 15) is 4.79 Å². The maximum absolute atomic E-state index is 9.90. The summed E-state index contributed by atoms with van der Waals surface area (Å²) in [7, 11) is 0. The Morgan fingerprint density at radius 1 is 0.952 bits per heavy atom. The molecule has 0 aromatic rings. The fourth-order valence-electron chi connectivity index (χ4n) is 1.54. The molecule has 7 nitrogen and oxygen atoms in total. The Bertz CT molecular complexity index is 224. The molecule has 0 heterocycles. The molecule has 0 spiro atoms. The molecule has 0 aliphatic heterocycles. The van der Waals surface area contributed by atoms with Gasteiger partial charge in [0.25, 0.3) is 0 Å². The smallest absolute Gasteiger partial charge is 0.151 e. The van der Waals surface area contributed by atoms with Gasteiger partial charge >= 0.3 is 0 Å². The van der Waals surface area contributed by atoms with Gasteiger partial charge in [-0.25, -0.2) is 0 Å². The summed E-state index contributed by atoms with van der Waals surface area (Å²) >= 11 is 0. The predicted octanol–water partition coefficient (Wildman–Crippen LogP) is -1.07. The third-order valence-corrected chi connectivity index (χ3v) is 2.98. The minimum atomic E-state index is -1.79. The molecule has 7 heteroatoms. The first-order valence-corrected chi connectivity index (χ1v) is 7.44. The van der Waals surface area contributed by atoms with Crippen LogP contribution in [-0.2, 0) is 4.79 Å². The number of hydrogen-bond acceptors (Lipinski definition) is 7. The maximum atomic E-state index is 9.90. The van der Waals surface area contributed by atoms with Gasteiger partial charge in [-0.1, -0.05) is 39.0 Å². The largest absolute Gasteiger partial charge is 0.394 e. The third kappa shape index (κ3) is 12.9. The number of hydrogen-bond donors (Lipinski definition) is 6. The van der Waals surface area contributed by atoms with E-state index in [0.717, 1.165) is 6.54 Å². The molecule has 4 atom stereocenters. The molecule has 0 rings (SSSR count). The number of carbonyl (C=O) groups is 1. The SMILES string of the molecule is CCCCCCCCN.O=C[C@H](O)[C@@H](O)[C@H](O)[C@H](O)CO. The Kier molecular flexibility index (Phi) is 17.1. The lowest BCUT2D eigenvalue weighted by molar-refractivity contribution is -0.136. The molecular formula is C14H31NO6. The standard InChI is InChI=1S/C8H19N.C6H12O6/c1-2-3-4-5-6-7-8-9;7-1-3(9)5(11)6(12)4(10)2-8/h2-9H2,1H3;1,3-6,8-12H,2H2/t;3-,4+,5+,6+/m.0/s1. The van der Waals surface area contributed by atoms with E-state index in [4.69, 9.17) is 31.3 Å². The number of unbranched alkanes of at least 4 members (excludes halogenated alkanes) is 5. The van der Waals surface area contributed by atoms with Gasteiger partial charge in [-0.3, -0.25) is 0 Å². The van der Waals surface area contributed by atoms with Crippen LogP contribution in [0.3, 0.4) is 0 Å². The van der Waals surface area contributed by atoms with Gasteiger partial charge in [0, 0.05) is 0 Å². The van der Waals surface area contributed by atoms with Crippen molar-refractivity contribution in [2.24, 2.45) is 5.73 Å². The van der Waals surface area contributed by atoms with Crippen LogP contribution in [0.25, 0.3) is 0 Å². The molecule has 0 radical (unpaired) electrons. The van der Waals surface area contributed by atoms with E-state index in [1.54, 1.807) is 0 Å². The zero-order valence-corrected chi connectivity index (χ0v) is 12.8. The highest BCUT2D eigenvalue weighted by Gasteiger charge is 2.29. The summed E-state index contributed by atoms with van der Waals surface area (Å²) < 4.78 is 0. The van der Waals surface area contributed by atoms with E-state index in [1.807, 2.05) is 0 Å². The summed E-state index contributed by atoms with van der Waals surface area (Å²) in [5.74, 6) is 0. The Hall–Kier alpha value is -0.570. The fourth-order valence-corrected chi connectivity index (χ4v) is 1.54. The molecule has 0 aliphatic rings. The Morgan fingerprint density at radius 3 is 1.90 bits per heavy atom. The average molecular weight is 309 g/mol. The Morgan fingerprint density at radius 2 is 1.48 bits per heavy atom. The second-order valence-electron chi connectivity index (χ2n) is 4.91. The van der Waals surface area contributed by atoms with Gasteiger partial charge in [-0.15, -0.1) is 0 Å². The molecule has 128 valence electrons. The lowest BCUT2D eigenvalue weighted by Crippen LogP contribution is -2.46. The van der Waals surface area contributed by atoms with Crippen molar-refractivity contribution in [2.45, 2.75) is 69.9 Å². The molecule has 7 N–H and O–H groups in total. The van der Waals surface area contributed by atoms with Crippen LogP contribution in [0.15, 0.2) is 0 Å². The van der Waals surface area contributed by atoms with Crippen molar-refractivity contribution in [3.63, 3.8) is 0 Å². The van der Waals surface area contributed by atoms with Crippen LogP contribution in [0, 0.1) is 0 Å². The molecule has 0 fully saturated rings. The quantitative estimate of drug-likeness (QED) is 0.210. The third-order valence-electron chi connectivity index (χ3n) is 2.98. The lowest BCUT2D eigenvalue weighted by Gasteiger charge is -2.22. The van der Waals surface area contributed by atoms with Crippen molar-refractivity contribution in [3.8, 4) is 0 Å². The molecule has 0 aromatic carbocycles. The van der Waals surface area contributed by atoms with E-state index in [-0.39, 0.29) is 6.29 Å². The monoisotopic (exact) mass is 309 g/mol. The van der Waals surface area contributed by atoms with E-state index in [1.165, 1.54) is 38.5 Å². The molecular weight excluding hydrogens is 278 g/mol. The van der Waals surface area contributed by atoms with Gasteiger partial charge < -0.3 is 36.1 Å². The van der Waals surface area contributed by atoms with Crippen molar-refractivity contribution >= 4 is 6.29 Å². The molecule has 0 saturated carbocycles. The summed E-state index contributed by atoms with van der Waals surface area (Å²) in [6, 6.07) is 0. The zero-order valence-electron chi connectivity index (χ0n) is 12.8. The molecule has 0 saturated heterocycles. The minimum absolute atomic E-state index is 0.0258. The highest BCUT2D eigenvalue weighted by molar-refractivity contribution is 5.56. The summed E-state index contributed by atoms with van der Waals surface area (Å²) in [6.45, 7) is 2.35. The normalized spacial score (nSPS) is 16.3. The minimum Gasteiger partial charge on any atom is -0.394 e. The van der Waals surface area contributed by atoms with Crippen LogP contribution >= 0.6 is 0 Å². The molecule has 0 amide bonds. The molecule has 0 aliphatic carbocycles. The Balaban J connectivity index is 0. The van der Waals surface area contributed by atoms with Crippen LogP contribution in [0.2, 0.25) is 0 Å². The van der Waals surface area contributed by atoms with Crippen LogP contribution in [0.5, 0.6) is 0 Å². The molecule has 0 unspecified atom stereocenters. The number of nitrogens with two attached hydrogens (primary N) is 1. The second kappa shape index (κ2) is 15.8. The van der Waals surface area contributed by atoms with Gasteiger partial charge in [0.2, 0.25) is 0 Å². The van der Waals surface area contributed by atoms with Crippen molar-refractivity contribution in [3.05, 3.63) is 0 Å². The van der Waals surface area contributed by atoms with Crippen LogP contribution < -0.4 is 5.73 Å². The predicted molar refractivity (Wildman–Crippen MR) is 79.6 cm³/mol. The first kappa shape index (κ1) is 22.7. The van der Waals surface area contributed by atoms with Crippen LogP contribution in [-0.4, -0.2) is 69.4 Å². The summed E-state index contributed by atoms with van der Waals surface area (Å²) in [5, 5.41) is 43.5. The fraction of sp³-hybridized carbons (Fsp3) is 0.929. The summed E-state index contributed by atoms with van der Waals surface area (Å²) in [6.07, 6.45) is 1.21. The number of aliphatic hydroxyl groups is 5. The van der Waals surface area contributed by atoms with Gasteiger partial charge in [-0.2, -0.15) is 0 Å². The first-order valence-electron chi connectivity index (χ1n) is 7.44. The van der Waals surface area contributed by atoms with Crippen LogP contribution in [0.4, 0.5) is 0 Å². The van der Waals surface area contributed by atoms with Gasteiger partial charge in [-0.05, 0) is 13.0 Å². The second-order valence-corrected chi connectivity index (χ2v) is 4.91. The van der Waals surface area contributed by atoms with Gasteiger partial charge in [0.05, 0.1) is 6.61 Å². The summed E-state index contributed by atoms with van der Waals surface area (Å²) in [4.78, 5) is 9.90. The van der Waals surface area contributed by atoms with E-state index < -0.39 is 31.0 Å². The summed E-state index contributed by atoms with van der Waals surface area (Å²) in [5.41, 5.74) is 5.34. The van der Waals surface area contributed by atoms with Crippen molar-refractivity contribution in [1.82, 2.24) is 0 Å². The number of aldehydes is 1. The Labute approximate surface area is 126 Å². The lowest BCUT2D eigenvalue weighted by atomic mass is 10.0.